The minimum Gasteiger partial charge on any atom is -0.504 e. The molecule has 4 heteroatoms. The van der Waals surface area contributed by atoms with Gasteiger partial charge in [-0.25, -0.2) is 0 Å². The van der Waals surface area contributed by atoms with Crippen molar-refractivity contribution < 1.29 is 9.84 Å². The molecule has 3 N–H and O–H groups in total. The summed E-state index contributed by atoms with van der Waals surface area (Å²) in [5.74, 6) is 0.652. The minimum atomic E-state index is 0.157. The number of nitrogens with two attached hydrogens (primary N) is 1. The summed E-state index contributed by atoms with van der Waals surface area (Å²) < 4.78 is 7.96. The maximum absolute atomic E-state index is 9.79. The van der Waals surface area contributed by atoms with Gasteiger partial charge in [-0.3, -0.25) is 0 Å². The average Bonchev–Trinajstić information content (AvgIpc) is 2.92. The van der Waals surface area contributed by atoms with E-state index in [-0.39, 0.29) is 5.75 Å². The summed E-state index contributed by atoms with van der Waals surface area (Å²) in [5, 5.41) is 10.9. The van der Waals surface area contributed by atoms with Crippen LogP contribution < -0.4 is 10.5 Å². The molecule has 1 heterocycles. The molecule has 0 aliphatic rings. The summed E-state index contributed by atoms with van der Waals surface area (Å²) in [6, 6.07) is 13.2. The predicted molar refractivity (Wildman–Crippen MR) is 87.9 cm³/mol. The number of phenols is 1. The zero-order chi connectivity index (χ0) is 15.5. The molecule has 0 aliphatic heterocycles. The van der Waals surface area contributed by atoms with Crippen LogP contribution in [0.25, 0.3) is 10.9 Å². The summed E-state index contributed by atoms with van der Waals surface area (Å²) in [5.41, 5.74) is 9.25. The second-order valence-electron chi connectivity index (χ2n) is 5.21. The average molecular weight is 296 g/mol. The molecule has 4 nitrogen and oxygen atoms in total. The van der Waals surface area contributed by atoms with Crippen molar-refractivity contribution in [2.75, 3.05) is 0 Å². The van der Waals surface area contributed by atoms with Crippen LogP contribution >= 0.6 is 0 Å². The first-order chi connectivity index (χ1) is 10.7. The van der Waals surface area contributed by atoms with E-state index in [2.05, 4.69) is 29.8 Å². The van der Waals surface area contributed by atoms with Gasteiger partial charge < -0.3 is 20.1 Å². The van der Waals surface area contributed by atoms with Crippen LogP contribution in [0.1, 0.15) is 18.1 Å². The van der Waals surface area contributed by atoms with Crippen molar-refractivity contribution in [3.8, 4) is 11.5 Å². The number of hydrogen-bond acceptors (Lipinski definition) is 3. The highest BCUT2D eigenvalue weighted by Crippen LogP contribution is 2.29. The van der Waals surface area contributed by atoms with Crippen molar-refractivity contribution in [3.63, 3.8) is 0 Å². The molecule has 114 valence electrons. The first-order valence-corrected chi connectivity index (χ1v) is 7.45. The molecule has 1 aromatic heterocycles. The molecule has 0 saturated heterocycles. The van der Waals surface area contributed by atoms with E-state index in [1.54, 1.807) is 18.2 Å². The van der Waals surface area contributed by atoms with Crippen molar-refractivity contribution in [1.82, 2.24) is 4.57 Å². The van der Waals surface area contributed by atoms with Gasteiger partial charge >= 0.3 is 0 Å². The monoisotopic (exact) mass is 296 g/mol. The minimum absolute atomic E-state index is 0.157. The highest BCUT2D eigenvalue weighted by molar-refractivity contribution is 5.86. The summed E-state index contributed by atoms with van der Waals surface area (Å²) in [6.45, 7) is 3.92. The zero-order valence-electron chi connectivity index (χ0n) is 12.6. The number of nitrogens with zero attached hydrogens (tertiary/aromatic N) is 1. The molecule has 0 amide bonds. The fourth-order valence-electron chi connectivity index (χ4n) is 2.78. The molecule has 0 bridgehead atoms. The second kappa shape index (κ2) is 6.12. The van der Waals surface area contributed by atoms with Crippen LogP contribution in [0.3, 0.4) is 0 Å². The van der Waals surface area contributed by atoms with Gasteiger partial charge in [0.1, 0.15) is 6.61 Å². The second-order valence-corrected chi connectivity index (χ2v) is 5.21. The number of phenolic OH excluding ortho intramolecular Hbond substituents is 1. The van der Waals surface area contributed by atoms with Gasteiger partial charge in [0.2, 0.25) is 0 Å². The fraction of sp³-hybridized carbons (Fsp3) is 0.222. The lowest BCUT2D eigenvalue weighted by molar-refractivity contribution is 0.290. The van der Waals surface area contributed by atoms with Gasteiger partial charge in [-0.2, -0.15) is 0 Å². The number of benzene rings is 2. The standard InChI is InChI=1S/C18H20N2O2/c1-2-20-11-14(12-22-17-9-4-3-8-16(17)21)15-7-5-6-13(10-19)18(15)20/h3-9,11,21H,2,10,12,19H2,1H3. The molecule has 0 fully saturated rings. The number of aromatic hydroxyl groups is 1. The number of fused-ring (bicyclic) bond motifs is 1. The van der Waals surface area contributed by atoms with Gasteiger partial charge in [-0.15, -0.1) is 0 Å². The van der Waals surface area contributed by atoms with Crippen LogP contribution in [-0.4, -0.2) is 9.67 Å². The molecule has 0 saturated carbocycles. The van der Waals surface area contributed by atoms with Gasteiger partial charge in [0, 0.05) is 30.2 Å². The lowest BCUT2D eigenvalue weighted by Gasteiger charge is -2.07. The van der Waals surface area contributed by atoms with E-state index in [0.29, 0.717) is 18.9 Å². The number of aromatic nitrogens is 1. The highest BCUT2D eigenvalue weighted by Gasteiger charge is 2.12. The Labute approximate surface area is 129 Å². The number of aryl methyl sites for hydroxylation is 1. The van der Waals surface area contributed by atoms with E-state index < -0.39 is 0 Å². The summed E-state index contributed by atoms with van der Waals surface area (Å²) in [7, 11) is 0. The van der Waals surface area contributed by atoms with Gasteiger partial charge in [0.25, 0.3) is 0 Å². The third-order valence-corrected chi connectivity index (χ3v) is 3.87. The van der Waals surface area contributed by atoms with Crippen LogP contribution in [0, 0.1) is 0 Å². The third-order valence-electron chi connectivity index (χ3n) is 3.87. The topological polar surface area (TPSA) is 60.4 Å². The number of para-hydroxylation sites is 3. The SMILES string of the molecule is CCn1cc(COc2ccccc2O)c2cccc(CN)c21. The lowest BCUT2D eigenvalue weighted by Crippen LogP contribution is -2.00. The molecular weight excluding hydrogens is 276 g/mol. The van der Waals surface area contributed by atoms with Crippen LogP contribution in [0.15, 0.2) is 48.7 Å². The fourth-order valence-corrected chi connectivity index (χ4v) is 2.78. The van der Waals surface area contributed by atoms with Crippen LogP contribution in [0.4, 0.5) is 0 Å². The first-order valence-electron chi connectivity index (χ1n) is 7.45. The van der Waals surface area contributed by atoms with E-state index >= 15 is 0 Å². The largest absolute Gasteiger partial charge is 0.504 e. The van der Waals surface area contributed by atoms with Crippen LogP contribution in [0.5, 0.6) is 11.5 Å². The van der Waals surface area contributed by atoms with Crippen molar-refractivity contribution >= 4 is 10.9 Å². The number of ether oxygens (including phenoxy) is 1. The molecule has 3 rings (SSSR count). The van der Waals surface area contributed by atoms with Gasteiger partial charge in [0.05, 0.1) is 5.52 Å². The Morgan fingerprint density at radius 3 is 2.64 bits per heavy atom. The first kappa shape index (κ1) is 14.5. The van der Waals surface area contributed by atoms with E-state index in [4.69, 9.17) is 10.5 Å². The predicted octanol–water partition coefficient (Wildman–Crippen LogP) is 3.40. The quantitative estimate of drug-likeness (QED) is 0.758. The zero-order valence-corrected chi connectivity index (χ0v) is 12.6. The molecular formula is C18H20N2O2. The smallest absolute Gasteiger partial charge is 0.161 e. The van der Waals surface area contributed by atoms with E-state index in [1.165, 1.54) is 5.52 Å². The normalized spacial score (nSPS) is 11.0. The Hall–Kier alpha value is -2.46. The van der Waals surface area contributed by atoms with Crippen molar-refractivity contribution in [1.29, 1.82) is 0 Å². The molecule has 0 spiro atoms. The maximum Gasteiger partial charge on any atom is 0.161 e. The van der Waals surface area contributed by atoms with Gasteiger partial charge in [-0.1, -0.05) is 30.3 Å². The maximum atomic E-state index is 9.79. The number of rotatable bonds is 5. The van der Waals surface area contributed by atoms with Crippen molar-refractivity contribution in [2.24, 2.45) is 5.73 Å². The summed E-state index contributed by atoms with van der Waals surface area (Å²) in [6.07, 6.45) is 2.10. The molecule has 22 heavy (non-hydrogen) atoms. The summed E-state index contributed by atoms with van der Waals surface area (Å²) in [4.78, 5) is 0. The molecule has 0 aliphatic carbocycles. The van der Waals surface area contributed by atoms with E-state index in [1.807, 2.05) is 12.1 Å². The Balaban J connectivity index is 1.96. The molecule has 0 radical (unpaired) electrons. The molecule has 0 atom stereocenters. The number of hydrogen-bond donors (Lipinski definition) is 2. The van der Waals surface area contributed by atoms with Crippen molar-refractivity contribution in [3.05, 3.63) is 59.8 Å². The highest BCUT2D eigenvalue weighted by atomic mass is 16.5. The Bertz CT molecular complexity index is 793. The van der Waals surface area contributed by atoms with Crippen LogP contribution in [-0.2, 0) is 19.7 Å². The Morgan fingerprint density at radius 1 is 1.09 bits per heavy atom. The molecule has 0 unspecified atom stereocenters. The van der Waals surface area contributed by atoms with Crippen molar-refractivity contribution in [2.45, 2.75) is 26.6 Å². The lowest BCUT2D eigenvalue weighted by atomic mass is 10.1. The van der Waals surface area contributed by atoms with Gasteiger partial charge in [0.15, 0.2) is 11.5 Å². The summed E-state index contributed by atoms with van der Waals surface area (Å²) >= 11 is 0. The Morgan fingerprint density at radius 2 is 1.91 bits per heavy atom. The molecule has 2 aromatic carbocycles. The Kier molecular flexibility index (Phi) is 4.02. The van der Waals surface area contributed by atoms with E-state index in [9.17, 15) is 5.11 Å². The molecule has 3 aromatic rings. The van der Waals surface area contributed by atoms with Crippen LogP contribution in [0.2, 0.25) is 0 Å². The van der Waals surface area contributed by atoms with Gasteiger partial charge in [-0.05, 0) is 24.6 Å². The third kappa shape index (κ3) is 2.53. The van der Waals surface area contributed by atoms with E-state index in [0.717, 1.165) is 23.1 Å².